The maximum atomic E-state index is 3.26. The summed E-state index contributed by atoms with van der Waals surface area (Å²) in [6.07, 6.45) is 4.75. The average molecular weight is 244 g/mol. The number of para-hydroxylation sites is 1. The molecule has 98 valence electrons. The van der Waals surface area contributed by atoms with Gasteiger partial charge >= 0.3 is 0 Å². The van der Waals surface area contributed by atoms with Gasteiger partial charge in [-0.05, 0) is 30.0 Å². The van der Waals surface area contributed by atoms with E-state index in [4.69, 9.17) is 0 Å². The van der Waals surface area contributed by atoms with Crippen molar-refractivity contribution in [3.63, 3.8) is 0 Å². The van der Waals surface area contributed by atoms with Gasteiger partial charge < -0.3 is 9.88 Å². The lowest BCUT2D eigenvalue weighted by Gasteiger charge is -2.16. The maximum absolute atomic E-state index is 3.26. The van der Waals surface area contributed by atoms with E-state index in [1.54, 1.807) is 0 Å². The second-order valence-corrected chi connectivity index (χ2v) is 5.04. The lowest BCUT2D eigenvalue weighted by molar-refractivity contribution is 0.425. The Morgan fingerprint density at radius 1 is 1.17 bits per heavy atom. The monoisotopic (exact) mass is 244 g/mol. The zero-order valence-corrected chi connectivity index (χ0v) is 11.7. The van der Waals surface area contributed by atoms with Crippen molar-refractivity contribution in [2.45, 2.75) is 39.8 Å². The summed E-state index contributed by atoms with van der Waals surface area (Å²) in [5.41, 5.74) is 2.80. The smallest absolute Gasteiger partial charge is 0.0525 e. The molecule has 1 heterocycles. The molecule has 1 N–H and O–H groups in total. The van der Waals surface area contributed by atoms with Crippen LogP contribution in [0.15, 0.2) is 30.5 Å². The van der Waals surface area contributed by atoms with E-state index in [2.05, 4.69) is 54.2 Å². The van der Waals surface area contributed by atoms with Crippen molar-refractivity contribution < 1.29 is 0 Å². The molecule has 0 amide bonds. The lowest BCUT2D eigenvalue weighted by Crippen LogP contribution is -2.11. The second kappa shape index (κ2) is 6.05. The molecule has 2 heteroatoms. The van der Waals surface area contributed by atoms with Gasteiger partial charge in [0.2, 0.25) is 0 Å². The average Bonchev–Trinajstić information content (AvgIpc) is 2.80. The van der Waals surface area contributed by atoms with Gasteiger partial charge in [-0.3, -0.25) is 0 Å². The van der Waals surface area contributed by atoms with Gasteiger partial charge in [0, 0.05) is 19.3 Å². The second-order valence-electron chi connectivity index (χ2n) is 5.04. The molecule has 0 aliphatic carbocycles. The quantitative estimate of drug-likeness (QED) is 0.818. The van der Waals surface area contributed by atoms with E-state index in [-0.39, 0.29) is 0 Å². The van der Waals surface area contributed by atoms with Crippen molar-refractivity contribution in [3.05, 3.63) is 36.0 Å². The van der Waals surface area contributed by atoms with Gasteiger partial charge in [-0.15, -0.1) is 0 Å². The predicted octanol–water partition coefficient (Wildman–Crippen LogP) is 3.80. The van der Waals surface area contributed by atoms with Crippen LogP contribution < -0.4 is 5.32 Å². The molecule has 0 radical (unpaired) electrons. The Hall–Kier alpha value is -1.28. The van der Waals surface area contributed by atoms with Crippen molar-refractivity contribution in [1.29, 1.82) is 0 Å². The fourth-order valence-electron chi connectivity index (χ4n) is 2.65. The lowest BCUT2D eigenvalue weighted by atomic mass is 10.0. The summed E-state index contributed by atoms with van der Waals surface area (Å²) >= 11 is 0. The number of fused-ring (bicyclic) bond motifs is 1. The molecule has 0 fully saturated rings. The molecule has 0 saturated heterocycles. The Balaban J connectivity index is 2.38. The summed E-state index contributed by atoms with van der Waals surface area (Å²) in [6.45, 7) is 6.64. The molecule has 18 heavy (non-hydrogen) atoms. The van der Waals surface area contributed by atoms with Gasteiger partial charge in [-0.2, -0.15) is 0 Å². The topological polar surface area (TPSA) is 17.0 Å². The zero-order valence-electron chi connectivity index (χ0n) is 11.7. The molecule has 0 bridgehead atoms. The molecule has 1 aromatic carbocycles. The molecule has 0 atom stereocenters. The molecule has 2 nitrogen and oxygen atoms in total. The normalized spacial score (nSPS) is 11.6. The van der Waals surface area contributed by atoms with Crippen LogP contribution in [0.25, 0.3) is 10.9 Å². The van der Waals surface area contributed by atoms with Crippen LogP contribution in [0, 0.1) is 5.92 Å². The molecule has 2 aromatic rings. The highest BCUT2D eigenvalue weighted by molar-refractivity contribution is 5.83. The van der Waals surface area contributed by atoms with E-state index < -0.39 is 0 Å². The number of hydrogen-bond acceptors (Lipinski definition) is 1. The Morgan fingerprint density at radius 3 is 2.61 bits per heavy atom. The number of benzene rings is 1. The number of hydrogen-bond donors (Lipinski definition) is 1. The maximum Gasteiger partial charge on any atom is 0.0525 e. The first-order valence-corrected chi connectivity index (χ1v) is 7.01. The highest BCUT2D eigenvalue weighted by Gasteiger charge is 2.09. The van der Waals surface area contributed by atoms with Crippen molar-refractivity contribution in [1.82, 2.24) is 9.88 Å². The summed E-state index contributed by atoms with van der Waals surface area (Å²) in [5.74, 6) is 0.781. The summed E-state index contributed by atoms with van der Waals surface area (Å²) in [6, 6.07) is 8.81. The van der Waals surface area contributed by atoms with Crippen LogP contribution in [-0.4, -0.2) is 11.6 Å². The summed E-state index contributed by atoms with van der Waals surface area (Å²) in [5, 5.41) is 4.62. The SMILES string of the molecule is CCC(CC)Cn1ccc2cccc(CNC)c21. The van der Waals surface area contributed by atoms with Crippen LogP contribution in [0.2, 0.25) is 0 Å². The number of aromatic nitrogens is 1. The number of rotatable bonds is 6. The fraction of sp³-hybridized carbons (Fsp3) is 0.500. The van der Waals surface area contributed by atoms with Gasteiger partial charge in [0.1, 0.15) is 0 Å². The van der Waals surface area contributed by atoms with E-state index in [1.165, 1.54) is 29.3 Å². The van der Waals surface area contributed by atoms with Gasteiger partial charge in [-0.25, -0.2) is 0 Å². The van der Waals surface area contributed by atoms with Crippen LogP contribution >= 0.6 is 0 Å². The van der Waals surface area contributed by atoms with E-state index >= 15 is 0 Å². The van der Waals surface area contributed by atoms with Crippen LogP contribution in [0.3, 0.4) is 0 Å². The van der Waals surface area contributed by atoms with Gasteiger partial charge in [0.15, 0.2) is 0 Å². The predicted molar refractivity (Wildman–Crippen MR) is 78.8 cm³/mol. The Labute approximate surface area is 110 Å². The number of nitrogens with one attached hydrogen (secondary N) is 1. The first kappa shape index (κ1) is 13.2. The van der Waals surface area contributed by atoms with Crippen LogP contribution in [0.4, 0.5) is 0 Å². The fourth-order valence-corrected chi connectivity index (χ4v) is 2.65. The minimum absolute atomic E-state index is 0.781. The van der Waals surface area contributed by atoms with E-state index in [0.29, 0.717) is 0 Å². The standard InChI is InChI=1S/C16H24N2/c1-4-13(5-2)12-18-10-9-14-7-6-8-15(11-17-3)16(14)18/h6-10,13,17H,4-5,11-12H2,1-3H3. The molecule has 2 rings (SSSR count). The Bertz CT molecular complexity index is 495. The van der Waals surface area contributed by atoms with Crippen LogP contribution in [0.5, 0.6) is 0 Å². The first-order chi connectivity index (χ1) is 8.80. The third kappa shape index (κ3) is 2.59. The van der Waals surface area contributed by atoms with E-state index in [1.807, 2.05) is 7.05 Å². The van der Waals surface area contributed by atoms with E-state index in [9.17, 15) is 0 Å². The molecule has 1 aromatic heterocycles. The summed E-state index contributed by atoms with van der Waals surface area (Å²) < 4.78 is 2.43. The van der Waals surface area contributed by atoms with Gasteiger partial charge in [-0.1, -0.05) is 44.9 Å². The summed E-state index contributed by atoms with van der Waals surface area (Å²) in [7, 11) is 2.01. The van der Waals surface area contributed by atoms with Crippen molar-refractivity contribution in [2.24, 2.45) is 5.92 Å². The van der Waals surface area contributed by atoms with Gasteiger partial charge in [0.25, 0.3) is 0 Å². The van der Waals surface area contributed by atoms with Crippen LogP contribution in [-0.2, 0) is 13.1 Å². The molecule has 0 unspecified atom stereocenters. The molecule has 0 aliphatic rings. The highest BCUT2D eigenvalue weighted by atomic mass is 15.0. The van der Waals surface area contributed by atoms with Crippen molar-refractivity contribution in [2.75, 3.05) is 7.05 Å². The first-order valence-electron chi connectivity index (χ1n) is 7.01. The van der Waals surface area contributed by atoms with Gasteiger partial charge in [0.05, 0.1) is 5.52 Å². The van der Waals surface area contributed by atoms with E-state index in [0.717, 1.165) is 19.0 Å². The largest absolute Gasteiger partial charge is 0.347 e. The van der Waals surface area contributed by atoms with Crippen molar-refractivity contribution in [3.8, 4) is 0 Å². The zero-order chi connectivity index (χ0) is 13.0. The Kier molecular flexibility index (Phi) is 4.43. The minimum atomic E-state index is 0.781. The van der Waals surface area contributed by atoms with Crippen LogP contribution in [0.1, 0.15) is 32.3 Å². The third-order valence-electron chi connectivity index (χ3n) is 3.85. The highest BCUT2D eigenvalue weighted by Crippen LogP contribution is 2.23. The minimum Gasteiger partial charge on any atom is -0.347 e. The molecular formula is C16H24N2. The molecular weight excluding hydrogens is 220 g/mol. The summed E-state index contributed by atoms with van der Waals surface area (Å²) in [4.78, 5) is 0. The Morgan fingerprint density at radius 2 is 1.94 bits per heavy atom. The van der Waals surface area contributed by atoms with Crippen molar-refractivity contribution >= 4 is 10.9 Å². The molecule has 0 aliphatic heterocycles. The number of nitrogens with zero attached hydrogens (tertiary/aromatic N) is 1. The molecule has 0 spiro atoms. The third-order valence-corrected chi connectivity index (χ3v) is 3.85. The molecule has 0 saturated carbocycles.